The largest absolute Gasteiger partial charge is 0.497 e. The normalized spacial score (nSPS) is 15.8. The Hall–Kier alpha value is -2.69. The minimum absolute atomic E-state index is 0.176. The first-order chi connectivity index (χ1) is 11.7. The van der Waals surface area contributed by atoms with E-state index in [1.165, 1.54) is 5.56 Å². The van der Waals surface area contributed by atoms with Gasteiger partial charge in [0.05, 0.1) is 26.4 Å². The summed E-state index contributed by atoms with van der Waals surface area (Å²) in [5.74, 6) is 2.16. The van der Waals surface area contributed by atoms with Gasteiger partial charge in [0.25, 0.3) is 5.91 Å². The molecule has 1 atom stereocenters. The van der Waals surface area contributed by atoms with Crippen LogP contribution in [0.15, 0.2) is 42.5 Å². The van der Waals surface area contributed by atoms with E-state index in [9.17, 15) is 4.79 Å². The van der Waals surface area contributed by atoms with Gasteiger partial charge in [-0.25, -0.2) is 0 Å². The van der Waals surface area contributed by atoms with Gasteiger partial charge in [0.1, 0.15) is 17.2 Å². The van der Waals surface area contributed by atoms with Gasteiger partial charge in [-0.3, -0.25) is 4.79 Å². The van der Waals surface area contributed by atoms with Crippen molar-refractivity contribution in [3.05, 3.63) is 53.6 Å². The quantitative estimate of drug-likeness (QED) is 0.917. The molecular weight excluding hydrogens is 306 g/mol. The van der Waals surface area contributed by atoms with Crippen molar-refractivity contribution in [2.45, 2.75) is 6.42 Å². The van der Waals surface area contributed by atoms with Crippen LogP contribution in [0.4, 0.5) is 0 Å². The van der Waals surface area contributed by atoms with Crippen LogP contribution < -0.4 is 19.5 Å². The Labute approximate surface area is 141 Å². The van der Waals surface area contributed by atoms with Crippen LogP contribution in [0.1, 0.15) is 15.9 Å². The van der Waals surface area contributed by atoms with Crippen molar-refractivity contribution in [2.24, 2.45) is 5.92 Å². The van der Waals surface area contributed by atoms with Crippen LogP contribution in [0.5, 0.6) is 17.2 Å². The lowest BCUT2D eigenvalue weighted by Gasteiger charge is -2.25. The van der Waals surface area contributed by atoms with E-state index >= 15 is 0 Å². The van der Waals surface area contributed by atoms with Gasteiger partial charge in [-0.2, -0.15) is 0 Å². The molecule has 2 aromatic carbocycles. The van der Waals surface area contributed by atoms with Gasteiger partial charge in [-0.1, -0.05) is 18.2 Å². The van der Waals surface area contributed by atoms with Crippen molar-refractivity contribution in [1.82, 2.24) is 5.32 Å². The summed E-state index contributed by atoms with van der Waals surface area (Å²) >= 11 is 0. The average Bonchev–Trinajstić information content (AvgIpc) is 2.65. The third-order valence-electron chi connectivity index (χ3n) is 4.16. The second-order valence-corrected chi connectivity index (χ2v) is 5.77. The minimum atomic E-state index is -0.176. The number of hydrogen-bond donors (Lipinski definition) is 1. The summed E-state index contributed by atoms with van der Waals surface area (Å²) in [5, 5.41) is 2.97. The summed E-state index contributed by atoms with van der Waals surface area (Å²) in [6, 6.07) is 13.2. The molecule has 0 saturated carbocycles. The third kappa shape index (κ3) is 3.45. The van der Waals surface area contributed by atoms with Crippen LogP contribution in [0.2, 0.25) is 0 Å². The molecule has 1 N–H and O–H groups in total. The first kappa shape index (κ1) is 16.2. The third-order valence-corrected chi connectivity index (χ3v) is 4.16. The lowest BCUT2D eigenvalue weighted by Crippen LogP contribution is -2.35. The van der Waals surface area contributed by atoms with Gasteiger partial charge in [0, 0.05) is 12.5 Å². The predicted octanol–water partition coefficient (Wildman–Crippen LogP) is 2.68. The maximum absolute atomic E-state index is 12.5. The number of nitrogens with one attached hydrogen (secondary N) is 1. The molecular formula is C19H21NO4. The second kappa shape index (κ2) is 7.25. The Morgan fingerprint density at radius 2 is 2.04 bits per heavy atom. The number of fused-ring (bicyclic) bond motifs is 1. The number of hydrogen-bond acceptors (Lipinski definition) is 4. The fourth-order valence-corrected chi connectivity index (χ4v) is 2.85. The van der Waals surface area contributed by atoms with Crippen molar-refractivity contribution in [3.8, 4) is 17.2 Å². The molecule has 3 rings (SSSR count). The Kier molecular flexibility index (Phi) is 4.89. The molecule has 5 nitrogen and oxygen atoms in total. The number of carbonyl (C=O) groups is 1. The molecule has 0 radical (unpaired) electrons. The molecule has 24 heavy (non-hydrogen) atoms. The molecule has 1 aliphatic heterocycles. The number of benzene rings is 2. The summed E-state index contributed by atoms with van der Waals surface area (Å²) in [6.45, 7) is 1.15. The average molecular weight is 327 g/mol. The molecule has 0 spiro atoms. The highest BCUT2D eigenvalue weighted by atomic mass is 16.5. The standard InChI is InChI=1S/C19H21NO4/c1-22-15-7-8-18(23-2)16(10-15)19(21)20-11-13-9-14-5-3-4-6-17(14)24-12-13/h3-8,10,13H,9,11-12H2,1-2H3,(H,20,21). The van der Waals surface area contributed by atoms with Gasteiger partial charge in [-0.05, 0) is 36.2 Å². The highest BCUT2D eigenvalue weighted by Crippen LogP contribution is 2.27. The first-order valence-electron chi connectivity index (χ1n) is 7.92. The van der Waals surface area contributed by atoms with E-state index in [1.54, 1.807) is 32.4 Å². The van der Waals surface area contributed by atoms with Crippen molar-refractivity contribution >= 4 is 5.91 Å². The van der Waals surface area contributed by atoms with Gasteiger partial charge in [-0.15, -0.1) is 0 Å². The fourth-order valence-electron chi connectivity index (χ4n) is 2.85. The Balaban J connectivity index is 1.64. The van der Waals surface area contributed by atoms with Crippen LogP contribution >= 0.6 is 0 Å². The van der Waals surface area contributed by atoms with E-state index in [4.69, 9.17) is 14.2 Å². The molecule has 5 heteroatoms. The zero-order valence-electron chi connectivity index (χ0n) is 13.9. The second-order valence-electron chi connectivity index (χ2n) is 5.77. The summed E-state index contributed by atoms with van der Waals surface area (Å²) in [6.07, 6.45) is 0.895. The Morgan fingerprint density at radius 1 is 1.21 bits per heavy atom. The van der Waals surface area contributed by atoms with E-state index in [0.717, 1.165) is 12.2 Å². The summed E-state index contributed by atoms with van der Waals surface area (Å²) in [5.41, 5.74) is 1.65. The summed E-state index contributed by atoms with van der Waals surface area (Å²) in [7, 11) is 3.12. The van der Waals surface area contributed by atoms with Crippen molar-refractivity contribution < 1.29 is 19.0 Å². The first-order valence-corrected chi connectivity index (χ1v) is 7.92. The Bertz CT molecular complexity index is 729. The molecule has 0 aliphatic carbocycles. The zero-order valence-corrected chi connectivity index (χ0v) is 13.9. The lowest BCUT2D eigenvalue weighted by atomic mass is 9.96. The molecule has 1 heterocycles. The van der Waals surface area contributed by atoms with E-state index in [-0.39, 0.29) is 11.8 Å². The molecule has 0 saturated heterocycles. The van der Waals surface area contributed by atoms with E-state index < -0.39 is 0 Å². The van der Waals surface area contributed by atoms with E-state index in [0.29, 0.717) is 30.2 Å². The van der Waals surface area contributed by atoms with Gasteiger partial charge >= 0.3 is 0 Å². The molecule has 1 aliphatic rings. The topological polar surface area (TPSA) is 56.8 Å². The minimum Gasteiger partial charge on any atom is -0.497 e. The molecule has 0 aromatic heterocycles. The number of amides is 1. The van der Waals surface area contributed by atoms with Gasteiger partial charge in [0.15, 0.2) is 0 Å². The number of carbonyl (C=O) groups excluding carboxylic acids is 1. The van der Waals surface area contributed by atoms with Gasteiger partial charge < -0.3 is 19.5 Å². The van der Waals surface area contributed by atoms with Crippen molar-refractivity contribution in [1.29, 1.82) is 0 Å². The van der Waals surface area contributed by atoms with Crippen LogP contribution in [-0.4, -0.2) is 33.3 Å². The maximum Gasteiger partial charge on any atom is 0.255 e. The van der Waals surface area contributed by atoms with E-state index in [1.807, 2.05) is 18.2 Å². The van der Waals surface area contributed by atoms with Crippen molar-refractivity contribution in [3.63, 3.8) is 0 Å². The number of rotatable bonds is 5. The Morgan fingerprint density at radius 3 is 2.83 bits per heavy atom. The predicted molar refractivity (Wildman–Crippen MR) is 91.0 cm³/mol. The summed E-state index contributed by atoms with van der Waals surface area (Å²) < 4.78 is 16.2. The van der Waals surface area contributed by atoms with E-state index in [2.05, 4.69) is 11.4 Å². The fraction of sp³-hybridized carbons (Fsp3) is 0.316. The van der Waals surface area contributed by atoms with Crippen LogP contribution in [0, 0.1) is 5.92 Å². The van der Waals surface area contributed by atoms with Crippen LogP contribution in [0.25, 0.3) is 0 Å². The highest BCUT2D eigenvalue weighted by Gasteiger charge is 2.21. The number of para-hydroxylation sites is 1. The van der Waals surface area contributed by atoms with Gasteiger partial charge in [0.2, 0.25) is 0 Å². The SMILES string of the molecule is COc1ccc(OC)c(C(=O)NCC2COc3ccccc3C2)c1. The maximum atomic E-state index is 12.5. The number of methoxy groups -OCH3 is 2. The highest BCUT2D eigenvalue weighted by molar-refractivity contribution is 5.97. The monoisotopic (exact) mass is 327 g/mol. The molecule has 126 valence electrons. The summed E-state index contributed by atoms with van der Waals surface area (Å²) in [4.78, 5) is 12.5. The zero-order chi connectivity index (χ0) is 16.9. The molecule has 0 fully saturated rings. The smallest absolute Gasteiger partial charge is 0.255 e. The van der Waals surface area contributed by atoms with Crippen molar-refractivity contribution in [2.75, 3.05) is 27.4 Å². The van der Waals surface area contributed by atoms with Crippen LogP contribution in [0.3, 0.4) is 0 Å². The lowest BCUT2D eigenvalue weighted by molar-refractivity contribution is 0.0935. The molecule has 1 amide bonds. The van der Waals surface area contributed by atoms with Crippen LogP contribution in [-0.2, 0) is 6.42 Å². The molecule has 1 unspecified atom stereocenters. The number of ether oxygens (including phenoxy) is 3. The molecule has 0 bridgehead atoms. The molecule has 2 aromatic rings.